The van der Waals surface area contributed by atoms with E-state index in [1.165, 1.54) is 0 Å². The third-order valence-electron chi connectivity index (χ3n) is 5.79. The Labute approximate surface area is 157 Å². The number of aromatic hydroxyl groups is 1. The quantitative estimate of drug-likeness (QED) is 0.819. The number of rotatable bonds is 4. The van der Waals surface area contributed by atoms with Crippen LogP contribution >= 0.6 is 0 Å². The van der Waals surface area contributed by atoms with E-state index in [0.717, 1.165) is 49.9 Å². The molecule has 0 atom stereocenters. The maximum atomic E-state index is 12.9. The molecular formula is C21H21N3O3. The van der Waals surface area contributed by atoms with Gasteiger partial charge in [-0.15, -0.1) is 0 Å². The molecule has 0 spiro atoms. The third kappa shape index (κ3) is 2.76. The first-order chi connectivity index (χ1) is 13.1. The lowest BCUT2D eigenvalue weighted by atomic mass is 10.0. The Kier molecular flexibility index (Phi) is 3.67. The monoisotopic (exact) mass is 363 g/mol. The summed E-state index contributed by atoms with van der Waals surface area (Å²) >= 11 is 0. The summed E-state index contributed by atoms with van der Waals surface area (Å²) in [6.07, 6.45) is 6.75. The lowest BCUT2D eigenvalue weighted by molar-refractivity contribution is 0.0771. The van der Waals surface area contributed by atoms with Gasteiger partial charge in [-0.25, -0.2) is 0 Å². The van der Waals surface area contributed by atoms with Crippen LogP contribution in [0.15, 0.2) is 24.4 Å². The molecule has 0 unspecified atom stereocenters. The average molecular weight is 363 g/mol. The summed E-state index contributed by atoms with van der Waals surface area (Å²) in [5.41, 5.74) is 4.13. The number of nitrogens with zero attached hydrogens (tertiary/aromatic N) is 2. The molecule has 0 bridgehead atoms. The molecule has 5 rings (SSSR count). The van der Waals surface area contributed by atoms with Gasteiger partial charge in [0.15, 0.2) is 0 Å². The second-order valence-corrected chi connectivity index (χ2v) is 7.71. The van der Waals surface area contributed by atoms with Crippen molar-refractivity contribution in [3.8, 4) is 5.75 Å². The van der Waals surface area contributed by atoms with Gasteiger partial charge in [0.1, 0.15) is 5.75 Å². The molecular weight excluding hydrogens is 342 g/mol. The van der Waals surface area contributed by atoms with E-state index in [4.69, 9.17) is 0 Å². The Morgan fingerprint density at radius 2 is 2.07 bits per heavy atom. The molecule has 1 fully saturated rings. The van der Waals surface area contributed by atoms with E-state index in [9.17, 15) is 14.7 Å². The van der Waals surface area contributed by atoms with Gasteiger partial charge in [-0.05, 0) is 61.8 Å². The van der Waals surface area contributed by atoms with Crippen LogP contribution in [0.1, 0.15) is 56.8 Å². The number of hydrogen-bond acceptors (Lipinski definition) is 4. The zero-order chi connectivity index (χ0) is 18.5. The number of phenols is 1. The third-order valence-corrected chi connectivity index (χ3v) is 5.79. The predicted molar refractivity (Wildman–Crippen MR) is 99.8 cm³/mol. The Balaban J connectivity index is 1.46. The molecule has 1 aromatic heterocycles. The summed E-state index contributed by atoms with van der Waals surface area (Å²) in [6, 6.07) is 4.91. The van der Waals surface area contributed by atoms with Gasteiger partial charge in [-0.1, -0.05) is 0 Å². The molecule has 27 heavy (non-hydrogen) atoms. The molecule has 2 amide bonds. The fourth-order valence-electron chi connectivity index (χ4n) is 4.19. The number of carbonyl (C=O) groups is 2. The number of anilines is 1. The Morgan fingerprint density at radius 1 is 1.22 bits per heavy atom. The van der Waals surface area contributed by atoms with E-state index in [2.05, 4.69) is 10.3 Å². The summed E-state index contributed by atoms with van der Waals surface area (Å²) in [5, 5.41) is 13.1. The molecule has 6 nitrogen and oxygen atoms in total. The van der Waals surface area contributed by atoms with E-state index < -0.39 is 0 Å². The Bertz CT molecular complexity index is 965. The predicted octanol–water partition coefficient (Wildman–Crippen LogP) is 2.89. The van der Waals surface area contributed by atoms with Crippen molar-refractivity contribution in [1.82, 2.24) is 9.88 Å². The van der Waals surface area contributed by atoms with Gasteiger partial charge in [-0.2, -0.15) is 0 Å². The number of amides is 2. The molecule has 2 aliphatic carbocycles. The number of pyridine rings is 1. The molecule has 1 saturated carbocycles. The molecule has 0 radical (unpaired) electrons. The standard InChI is InChI=1S/C21H21N3O3/c25-18-7-6-17(19-15(18)11-24(21(19)27)10-12-4-5-12)23-20(26)14-8-9-22-16-3-1-2-13(14)16/h6-9,12,25H,1-5,10-11H2,(H,23,26). The molecule has 0 saturated heterocycles. The van der Waals surface area contributed by atoms with Crippen LogP contribution in [0, 0.1) is 5.92 Å². The van der Waals surface area contributed by atoms with Crippen molar-refractivity contribution in [2.75, 3.05) is 11.9 Å². The fourth-order valence-corrected chi connectivity index (χ4v) is 4.19. The van der Waals surface area contributed by atoms with Gasteiger partial charge in [0.25, 0.3) is 11.8 Å². The number of fused-ring (bicyclic) bond motifs is 2. The van der Waals surface area contributed by atoms with Crippen LogP contribution in [0.3, 0.4) is 0 Å². The summed E-state index contributed by atoms with van der Waals surface area (Å²) in [7, 11) is 0. The topological polar surface area (TPSA) is 82.5 Å². The summed E-state index contributed by atoms with van der Waals surface area (Å²) in [5.74, 6) is 0.349. The van der Waals surface area contributed by atoms with Crippen LogP contribution in [-0.4, -0.2) is 33.3 Å². The zero-order valence-electron chi connectivity index (χ0n) is 15.0. The van der Waals surface area contributed by atoms with Crippen molar-refractivity contribution in [1.29, 1.82) is 0 Å². The van der Waals surface area contributed by atoms with Gasteiger partial charge in [0, 0.05) is 29.6 Å². The molecule has 3 aliphatic rings. The maximum absolute atomic E-state index is 12.9. The number of hydrogen-bond donors (Lipinski definition) is 2. The van der Waals surface area contributed by atoms with Gasteiger partial charge in [0.05, 0.1) is 17.8 Å². The number of carbonyl (C=O) groups excluding carboxylic acids is 2. The first-order valence-electron chi connectivity index (χ1n) is 9.54. The van der Waals surface area contributed by atoms with Gasteiger partial charge in [-0.3, -0.25) is 14.6 Å². The molecule has 2 N–H and O–H groups in total. The summed E-state index contributed by atoms with van der Waals surface area (Å²) in [4.78, 5) is 31.9. The van der Waals surface area contributed by atoms with Crippen LogP contribution in [-0.2, 0) is 19.4 Å². The van der Waals surface area contributed by atoms with Crippen molar-refractivity contribution in [2.24, 2.45) is 5.92 Å². The number of nitrogens with one attached hydrogen (secondary N) is 1. The zero-order valence-corrected chi connectivity index (χ0v) is 15.0. The number of aromatic nitrogens is 1. The van der Waals surface area contributed by atoms with Gasteiger partial charge < -0.3 is 15.3 Å². The van der Waals surface area contributed by atoms with Crippen molar-refractivity contribution in [2.45, 2.75) is 38.6 Å². The largest absolute Gasteiger partial charge is 0.508 e. The minimum Gasteiger partial charge on any atom is -0.508 e. The maximum Gasteiger partial charge on any atom is 0.256 e. The van der Waals surface area contributed by atoms with Crippen LogP contribution < -0.4 is 5.32 Å². The second kappa shape index (κ2) is 6.08. The van der Waals surface area contributed by atoms with Gasteiger partial charge in [0.2, 0.25) is 0 Å². The van der Waals surface area contributed by atoms with E-state index in [0.29, 0.717) is 34.8 Å². The van der Waals surface area contributed by atoms with E-state index in [-0.39, 0.29) is 17.6 Å². The highest BCUT2D eigenvalue weighted by atomic mass is 16.3. The SMILES string of the molecule is O=C(Nc1ccc(O)c2c1C(=O)N(CC1CC1)C2)c1ccnc2c1CCC2. The Morgan fingerprint density at radius 3 is 2.89 bits per heavy atom. The van der Waals surface area contributed by atoms with Crippen molar-refractivity contribution < 1.29 is 14.7 Å². The lowest BCUT2D eigenvalue weighted by Crippen LogP contribution is -2.26. The minimum absolute atomic E-state index is 0.108. The number of phenolic OH excluding ortho intramolecular Hbond substituents is 1. The molecule has 2 heterocycles. The normalized spacial score (nSPS) is 17.8. The molecule has 1 aromatic carbocycles. The molecule has 138 valence electrons. The highest BCUT2D eigenvalue weighted by Crippen LogP contribution is 2.38. The highest BCUT2D eigenvalue weighted by molar-refractivity contribution is 6.11. The number of aryl methyl sites for hydroxylation is 1. The fraction of sp³-hybridized carbons (Fsp3) is 0.381. The van der Waals surface area contributed by atoms with Crippen LogP contribution in [0.4, 0.5) is 5.69 Å². The smallest absolute Gasteiger partial charge is 0.256 e. The minimum atomic E-state index is -0.225. The number of benzene rings is 1. The molecule has 1 aliphatic heterocycles. The molecule has 6 heteroatoms. The first kappa shape index (κ1) is 16.3. The summed E-state index contributed by atoms with van der Waals surface area (Å²) in [6.45, 7) is 1.13. The Hall–Kier alpha value is -2.89. The van der Waals surface area contributed by atoms with Crippen LogP contribution in [0.2, 0.25) is 0 Å². The lowest BCUT2D eigenvalue weighted by Gasteiger charge is -2.15. The average Bonchev–Trinajstić information content (AvgIpc) is 3.23. The van der Waals surface area contributed by atoms with Gasteiger partial charge >= 0.3 is 0 Å². The van der Waals surface area contributed by atoms with E-state index in [1.54, 1.807) is 29.3 Å². The van der Waals surface area contributed by atoms with E-state index >= 15 is 0 Å². The van der Waals surface area contributed by atoms with Crippen molar-refractivity contribution in [3.05, 3.63) is 52.3 Å². The van der Waals surface area contributed by atoms with E-state index in [1.807, 2.05) is 0 Å². The molecule has 2 aromatic rings. The van der Waals surface area contributed by atoms with Crippen LogP contribution in [0.25, 0.3) is 0 Å². The second-order valence-electron chi connectivity index (χ2n) is 7.71. The van der Waals surface area contributed by atoms with Crippen LogP contribution in [0.5, 0.6) is 5.75 Å². The van der Waals surface area contributed by atoms with Crippen molar-refractivity contribution in [3.63, 3.8) is 0 Å². The summed E-state index contributed by atoms with van der Waals surface area (Å²) < 4.78 is 0. The first-order valence-corrected chi connectivity index (χ1v) is 9.54. The highest BCUT2D eigenvalue weighted by Gasteiger charge is 2.36. The van der Waals surface area contributed by atoms with Crippen molar-refractivity contribution >= 4 is 17.5 Å².